The number of rotatable bonds is 13. The van der Waals surface area contributed by atoms with Crippen LogP contribution in [0.5, 0.6) is 23.0 Å². The van der Waals surface area contributed by atoms with Crippen molar-refractivity contribution < 1.29 is 30.0 Å². The number of hydrogen-bond acceptors (Lipinski definition) is 7. The molecule has 0 aromatic heterocycles. The molecule has 0 aliphatic rings. The maximum absolute atomic E-state index is 11.8. The fraction of sp³-hybridized carbons (Fsp3) is 0.280. The number of nitrogens with one attached hydrogen (secondary N) is 3. The molecule has 0 saturated carbocycles. The summed E-state index contributed by atoms with van der Waals surface area (Å²) in [5.41, 5.74) is 1.22. The van der Waals surface area contributed by atoms with E-state index in [9.17, 15) is 30.0 Å². The second-order valence-electron chi connectivity index (χ2n) is 7.56. The van der Waals surface area contributed by atoms with Crippen molar-refractivity contribution in [3.05, 3.63) is 59.7 Å². The highest BCUT2D eigenvalue weighted by Gasteiger charge is 2.01. The van der Waals surface area contributed by atoms with Gasteiger partial charge >= 0.3 is 0 Å². The molecule has 0 unspecified atom stereocenters. The normalized spacial score (nSPS) is 11.2. The van der Waals surface area contributed by atoms with E-state index in [0.717, 1.165) is 32.4 Å². The Bertz CT molecular complexity index is 938. The van der Waals surface area contributed by atoms with Crippen molar-refractivity contribution in [3.8, 4) is 23.0 Å². The van der Waals surface area contributed by atoms with Gasteiger partial charge in [-0.2, -0.15) is 0 Å². The Morgan fingerprint density at radius 3 is 1.56 bits per heavy atom. The SMILES string of the molecule is O=C(C=Cc1ccc(O)c(O)c1)NCCCCNCCCNC(=O)C=Cc1ccc(O)c(O)c1. The van der Waals surface area contributed by atoms with Gasteiger partial charge in [-0.15, -0.1) is 0 Å². The van der Waals surface area contributed by atoms with Gasteiger partial charge in [-0.25, -0.2) is 0 Å². The minimum absolute atomic E-state index is 0.207. The van der Waals surface area contributed by atoms with E-state index in [1.165, 1.54) is 36.4 Å². The van der Waals surface area contributed by atoms with Crippen LogP contribution < -0.4 is 16.0 Å². The molecule has 9 nitrogen and oxygen atoms in total. The summed E-state index contributed by atoms with van der Waals surface area (Å²) in [5.74, 6) is -1.35. The van der Waals surface area contributed by atoms with Crippen LogP contribution in [0.25, 0.3) is 12.2 Å². The zero-order valence-corrected chi connectivity index (χ0v) is 18.8. The van der Waals surface area contributed by atoms with Crippen LogP contribution in [0, 0.1) is 0 Å². The van der Waals surface area contributed by atoms with Gasteiger partial charge in [0, 0.05) is 25.2 Å². The highest BCUT2D eigenvalue weighted by atomic mass is 16.3. The van der Waals surface area contributed by atoms with Crippen molar-refractivity contribution in [1.82, 2.24) is 16.0 Å². The number of phenolic OH excluding ortho intramolecular Hbond substituents is 4. The molecule has 9 heteroatoms. The van der Waals surface area contributed by atoms with Gasteiger partial charge in [-0.1, -0.05) is 12.1 Å². The van der Waals surface area contributed by atoms with Gasteiger partial charge in [0.25, 0.3) is 0 Å². The first kappa shape index (κ1) is 26.3. The molecular formula is C25H31N3O6. The van der Waals surface area contributed by atoms with Crippen LogP contribution in [0.1, 0.15) is 30.4 Å². The van der Waals surface area contributed by atoms with Crippen molar-refractivity contribution in [2.24, 2.45) is 0 Å². The smallest absolute Gasteiger partial charge is 0.243 e. The average Bonchev–Trinajstić information content (AvgIpc) is 2.81. The first-order valence-corrected chi connectivity index (χ1v) is 11.0. The molecule has 2 aromatic rings. The molecule has 0 spiro atoms. The number of amides is 2. The molecule has 182 valence electrons. The van der Waals surface area contributed by atoms with Gasteiger partial charge in [0.15, 0.2) is 23.0 Å². The van der Waals surface area contributed by atoms with E-state index in [1.807, 2.05) is 0 Å². The van der Waals surface area contributed by atoms with Crippen LogP contribution in [0.3, 0.4) is 0 Å². The van der Waals surface area contributed by atoms with Crippen LogP contribution in [-0.4, -0.2) is 58.4 Å². The summed E-state index contributed by atoms with van der Waals surface area (Å²) in [5, 5.41) is 46.2. The zero-order chi connectivity index (χ0) is 24.8. The summed E-state index contributed by atoms with van der Waals surface area (Å²) in [6, 6.07) is 8.65. The van der Waals surface area contributed by atoms with Crippen molar-refractivity contribution in [1.29, 1.82) is 0 Å². The monoisotopic (exact) mass is 469 g/mol. The lowest BCUT2D eigenvalue weighted by molar-refractivity contribution is -0.117. The second kappa shape index (κ2) is 14.2. The fourth-order valence-electron chi connectivity index (χ4n) is 2.89. The number of carbonyl (C=O) groups is 2. The summed E-state index contributed by atoms with van der Waals surface area (Å²) in [4.78, 5) is 23.6. The number of aromatic hydroxyl groups is 4. The van der Waals surface area contributed by atoms with E-state index in [4.69, 9.17) is 0 Å². The number of unbranched alkanes of at least 4 members (excludes halogenated alkanes) is 1. The lowest BCUT2D eigenvalue weighted by atomic mass is 10.2. The molecule has 7 N–H and O–H groups in total. The van der Waals surface area contributed by atoms with Gasteiger partial charge in [0.1, 0.15) is 0 Å². The molecule has 0 heterocycles. The van der Waals surface area contributed by atoms with Crippen molar-refractivity contribution in [3.63, 3.8) is 0 Å². The standard InChI is InChI=1S/C25H31N3O6/c29-20-8-4-18(16-22(20)31)6-10-24(33)27-14-2-1-12-26-13-3-15-28-25(34)11-7-19-5-9-21(30)23(32)17-19/h4-11,16-17,26,29-32H,1-3,12-15H2,(H,27,33)(H,28,34). The molecule has 0 aliphatic carbocycles. The highest BCUT2D eigenvalue weighted by molar-refractivity contribution is 5.92. The number of carbonyl (C=O) groups excluding carboxylic acids is 2. The Kier molecular flexibility index (Phi) is 11.0. The van der Waals surface area contributed by atoms with Crippen LogP contribution in [0.2, 0.25) is 0 Å². The first-order valence-electron chi connectivity index (χ1n) is 11.0. The maximum Gasteiger partial charge on any atom is 0.243 e. The molecule has 2 rings (SSSR count). The van der Waals surface area contributed by atoms with Crippen LogP contribution in [0.15, 0.2) is 48.6 Å². The molecule has 0 saturated heterocycles. The predicted molar refractivity (Wildman–Crippen MR) is 130 cm³/mol. The Hall–Kier alpha value is -3.98. The topological polar surface area (TPSA) is 151 Å². The summed E-state index contributed by atoms with van der Waals surface area (Å²) >= 11 is 0. The third kappa shape index (κ3) is 10.1. The summed E-state index contributed by atoms with van der Waals surface area (Å²) in [6.07, 6.45) is 8.35. The third-order valence-corrected chi connectivity index (χ3v) is 4.76. The van der Waals surface area contributed by atoms with E-state index < -0.39 is 0 Å². The van der Waals surface area contributed by atoms with Gasteiger partial charge in [0.2, 0.25) is 11.8 Å². The van der Waals surface area contributed by atoms with E-state index in [-0.39, 0.29) is 34.8 Å². The summed E-state index contributed by atoms with van der Waals surface area (Å²) in [7, 11) is 0. The summed E-state index contributed by atoms with van der Waals surface area (Å²) in [6.45, 7) is 2.63. The van der Waals surface area contributed by atoms with E-state index in [1.54, 1.807) is 24.3 Å². The Morgan fingerprint density at radius 1 is 0.618 bits per heavy atom. The molecule has 0 radical (unpaired) electrons. The maximum atomic E-state index is 11.8. The molecule has 0 bridgehead atoms. The Morgan fingerprint density at radius 2 is 1.06 bits per heavy atom. The highest BCUT2D eigenvalue weighted by Crippen LogP contribution is 2.26. The molecule has 2 aromatic carbocycles. The zero-order valence-electron chi connectivity index (χ0n) is 18.8. The molecular weight excluding hydrogens is 438 g/mol. The number of benzene rings is 2. The van der Waals surface area contributed by atoms with Crippen LogP contribution in [-0.2, 0) is 9.59 Å². The van der Waals surface area contributed by atoms with Crippen molar-refractivity contribution in [2.75, 3.05) is 26.2 Å². The van der Waals surface area contributed by atoms with Gasteiger partial charge in [-0.05, 0) is 79.9 Å². The molecule has 0 atom stereocenters. The largest absolute Gasteiger partial charge is 0.504 e. The Balaban J connectivity index is 1.46. The third-order valence-electron chi connectivity index (χ3n) is 4.76. The van der Waals surface area contributed by atoms with Crippen molar-refractivity contribution in [2.45, 2.75) is 19.3 Å². The number of hydrogen-bond donors (Lipinski definition) is 7. The molecule has 0 fully saturated rings. The lowest BCUT2D eigenvalue weighted by Crippen LogP contribution is -2.27. The quantitative estimate of drug-likeness (QED) is 0.135. The lowest BCUT2D eigenvalue weighted by Gasteiger charge is -2.06. The Labute approximate surface area is 198 Å². The minimum atomic E-state index is -0.237. The van der Waals surface area contributed by atoms with Crippen molar-refractivity contribution >= 4 is 24.0 Å². The van der Waals surface area contributed by atoms with E-state index >= 15 is 0 Å². The van der Waals surface area contributed by atoms with E-state index in [2.05, 4.69) is 16.0 Å². The second-order valence-corrected chi connectivity index (χ2v) is 7.56. The first-order chi connectivity index (χ1) is 16.3. The molecule has 0 aliphatic heterocycles. The van der Waals surface area contributed by atoms with Gasteiger partial charge in [-0.3, -0.25) is 9.59 Å². The van der Waals surface area contributed by atoms with Gasteiger partial charge in [0.05, 0.1) is 0 Å². The predicted octanol–water partition coefficient (Wildman–Crippen LogP) is 2.23. The molecule has 34 heavy (non-hydrogen) atoms. The fourth-order valence-corrected chi connectivity index (χ4v) is 2.89. The van der Waals surface area contributed by atoms with Gasteiger partial charge < -0.3 is 36.4 Å². The van der Waals surface area contributed by atoms with Crippen LogP contribution in [0.4, 0.5) is 0 Å². The summed E-state index contributed by atoms with van der Waals surface area (Å²) < 4.78 is 0. The number of phenols is 4. The molecule has 2 amide bonds. The van der Waals surface area contributed by atoms with E-state index in [0.29, 0.717) is 24.2 Å². The minimum Gasteiger partial charge on any atom is -0.504 e. The van der Waals surface area contributed by atoms with Crippen LogP contribution >= 0.6 is 0 Å². The average molecular weight is 470 g/mol.